The molecule has 1 aromatic rings. The molecule has 0 spiro atoms. The van der Waals surface area contributed by atoms with Crippen molar-refractivity contribution in [2.24, 2.45) is 7.05 Å². The van der Waals surface area contributed by atoms with Crippen LogP contribution in [0.5, 0.6) is 0 Å². The number of aromatic nitrogens is 2. The van der Waals surface area contributed by atoms with E-state index in [0.717, 1.165) is 0 Å². The molecule has 0 radical (unpaired) electrons. The lowest BCUT2D eigenvalue weighted by atomic mass is 10.1. The highest BCUT2D eigenvalue weighted by Crippen LogP contribution is 2.34. The van der Waals surface area contributed by atoms with Crippen molar-refractivity contribution in [3.8, 4) is 0 Å². The van der Waals surface area contributed by atoms with Gasteiger partial charge >= 0.3 is 6.18 Å². The van der Waals surface area contributed by atoms with Crippen LogP contribution >= 0.6 is 0 Å². The first-order chi connectivity index (χ1) is 6.50. The standard InChI is InChI=1S/C8H9F3N2O/c1-13-6-2-3-14-4-5(6)7(12-13)8(9,10)11/h2-4H2,1H3. The summed E-state index contributed by atoms with van der Waals surface area (Å²) in [6.07, 6.45) is -3.89. The lowest BCUT2D eigenvalue weighted by Crippen LogP contribution is -2.14. The van der Waals surface area contributed by atoms with Crippen LogP contribution < -0.4 is 0 Å². The molecule has 0 saturated carbocycles. The van der Waals surface area contributed by atoms with Crippen LogP contribution in [-0.2, 0) is 31.0 Å². The van der Waals surface area contributed by atoms with Crippen LogP contribution in [0.2, 0.25) is 0 Å². The molecule has 0 fully saturated rings. The van der Waals surface area contributed by atoms with Crippen LogP contribution in [0.15, 0.2) is 0 Å². The molecule has 6 heteroatoms. The van der Waals surface area contributed by atoms with E-state index in [1.54, 1.807) is 0 Å². The Labute approximate surface area is 78.5 Å². The van der Waals surface area contributed by atoms with Gasteiger partial charge < -0.3 is 4.74 Å². The van der Waals surface area contributed by atoms with E-state index < -0.39 is 11.9 Å². The molecule has 2 heterocycles. The number of hydrogen-bond acceptors (Lipinski definition) is 2. The van der Waals surface area contributed by atoms with Gasteiger partial charge in [-0.05, 0) is 0 Å². The number of fused-ring (bicyclic) bond motifs is 1. The maximum atomic E-state index is 12.5. The zero-order chi connectivity index (χ0) is 10.3. The Morgan fingerprint density at radius 1 is 1.43 bits per heavy atom. The van der Waals surface area contributed by atoms with Gasteiger partial charge in [0.2, 0.25) is 0 Å². The number of nitrogens with zero attached hydrogens (tertiary/aromatic N) is 2. The average Bonchev–Trinajstić information content (AvgIpc) is 2.44. The fraction of sp³-hybridized carbons (Fsp3) is 0.625. The third-order valence-electron chi connectivity index (χ3n) is 2.27. The van der Waals surface area contributed by atoms with E-state index in [1.807, 2.05) is 0 Å². The van der Waals surface area contributed by atoms with Gasteiger partial charge in [-0.15, -0.1) is 0 Å². The third kappa shape index (κ3) is 1.39. The van der Waals surface area contributed by atoms with Crippen molar-refractivity contribution in [3.63, 3.8) is 0 Å². The fourth-order valence-corrected chi connectivity index (χ4v) is 1.64. The summed E-state index contributed by atoms with van der Waals surface area (Å²) in [6, 6.07) is 0. The van der Waals surface area contributed by atoms with Crippen molar-refractivity contribution in [2.45, 2.75) is 19.2 Å². The maximum Gasteiger partial charge on any atom is 0.435 e. The molecule has 0 aromatic carbocycles. The first kappa shape index (κ1) is 9.51. The quantitative estimate of drug-likeness (QED) is 0.643. The Morgan fingerprint density at radius 3 is 2.79 bits per heavy atom. The van der Waals surface area contributed by atoms with Crippen molar-refractivity contribution in [1.82, 2.24) is 9.78 Å². The number of aryl methyl sites for hydroxylation is 1. The summed E-state index contributed by atoms with van der Waals surface area (Å²) in [5.74, 6) is 0. The average molecular weight is 206 g/mol. The van der Waals surface area contributed by atoms with Crippen LogP contribution in [0.4, 0.5) is 13.2 Å². The predicted octanol–water partition coefficient (Wildman–Crippen LogP) is 1.51. The maximum absolute atomic E-state index is 12.5. The van der Waals surface area contributed by atoms with E-state index in [-0.39, 0.29) is 12.2 Å². The molecule has 3 nitrogen and oxygen atoms in total. The van der Waals surface area contributed by atoms with Crippen molar-refractivity contribution in [3.05, 3.63) is 17.0 Å². The normalized spacial score (nSPS) is 16.9. The molecule has 0 bridgehead atoms. The van der Waals surface area contributed by atoms with Crippen LogP contribution in [0.25, 0.3) is 0 Å². The second kappa shape index (κ2) is 2.98. The zero-order valence-corrected chi connectivity index (χ0v) is 7.56. The minimum absolute atomic E-state index is 0.0119. The molecule has 0 unspecified atom stereocenters. The highest BCUT2D eigenvalue weighted by atomic mass is 19.4. The Balaban J connectivity index is 2.52. The Bertz CT molecular complexity index is 356. The first-order valence-electron chi connectivity index (χ1n) is 4.20. The molecular formula is C8H9F3N2O. The van der Waals surface area contributed by atoms with Crippen LogP contribution in [0.1, 0.15) is 17.0 Å². The Hall–Kier alpha value is -1.04. The molecule has 0 saturated heterocycles. The molecule has 0 amide bonds. The van der Waals surface area contributed by atoms with Crippen molar-refractivity contribution < 1.29 is 17.9 Å². The molecule has 1 aliphatic heterocycles. The zero-order valence-electron chi connectivity index (χ0n) is 7.56. The molecule has 0 aliphatic carbocycles. The summed E-state index contributed by atoms with van der Waals surface area (Å²) in [5, 5.41) is 3.48. The summed E-state index contributed by atoms with van der Waals surface area (Å²) in [6.45, 7) is 0.474. The lowest BCUT2D eigenvalue weighted by Gasteiger charge is -2.14. The van der Waals surface area contributed by atoms with Gasteiger partial charge in [-0.2, -0.15) is 18.3 Å². The fourth-order valence-electron chi connectivity index (χ4n) is 1.64. The van der Waals surface area contributed by atoms with Crippen LogP contribution in [-0.4, -0.2) is 16.4 Å². The highest BCUT2D eigenvalue weighted by Gasteiger charge is 2.39. The van der Waals surface area contributed by atoms with Gasteiger partial charge in [0.25, 0.3) is 0 Å². The molecule has 14 heavy (non-hydrogen) atoms. The second-order valence-electron chi connectivity index (χ2n) is 3.20. The van der Waals surface area contributed by atoms with E-state index in [1.165, 1.54) is 11.7 Å². The summed E-state index contributed by atoms with van der Waals surface area (Å²) >= 11 is 0. The van der Waals surface area contributed by atoms with Crippen molar-refractivity contribution in [1.29, 1.82) is 0 Å². The molecule has 0 atom stereocenters. The van der Waals surface area contributed by atoms with Crippen molar-refractivity contribution in [2.75, 3.05) is 6.61 Å². The third-order valence-corrected chi connectivity index (χ3v) is 2.27. The monoisotopic (exact) mass is 206 g/mol. The van der Waals surface area contributed by atoms with Gasteiger partial charge in [-0.3, -0.25) is 4.68 Å². The SMILES string of the molecule is Cn1nc(C(F)(F)F)c2c1CCOC2. The van der Waals surface area contributed by atoms with Crippen LogP contribution in [0.3, 0.4) is 0 Å². The van der Waals surface area contributed by atoms with Gasteiger partial charge in [-0.1, -0.05) is 0 Å². The molecule has 0 N–H and O–H groups in total. The first-order valence-corrected chi connectivity index (χ1v) is 4.20. The van der Waals surface area contributed by atoms with Gasteiger partial charge in [0.1, 0.15) is 0 Å². The minimum atomic E-state index is -4.38. The Morgan fingerprint density at radius 2 is 2.14 bits per heavy atom. The van der Waals surface area contributed by atoms with Gasteiger partial charge in [0, 0.05) is 24.7 Å². The molecule has 2 rings (SSSR count). The van der Waals surface area contributed by atoms with Crippen LogP contribution in [0, 0.1) is 0 Å². The van der Waals surface area contributed by atoms with Gasteiger partial charge in [0.05, 0.1) is 13.2 Å². The largest absolute Gasteiger partial charge is 0.435 e. The molecule has 1 aliphatic rings. The van der Waals surface area contributed by atoms with E-state index in [2.05, 4.69) is 5.10 Å². The number of ether oxygens (including phenoxy) is 1. The van der Waals surface area contributed by atoms with E-state index in [4.69, 9.17) is 4.74 Å². The topological polar surface area (TPSA) is 27.1 Å². The summed E-state index contributed by atoms with van der Waals surface area (Å²) in [5.41, 5.74) is 0.00419. The minimum Gasteiger partial charge on any atom is -0.376 e. The summed E-state index contributed by atoms with van der Waals surface area (Å²) in [7, 11) is 1.53. The Kier molecular flexibility index (Phi) is 2.02. The molecule has 78 valence electrons. The predicted molar refractivity (Wildman–Crippen MR) is 41.6 cm³/mol. The van der Waals surface area contributed by atoms with Crippen molar-refractivity contribution >= 4 is 0 Å². The summed E-state index contributed by atoms with van der Waals surface area (Å²) < 4.78 is 43.7. The van der Waals surface area contributed by atoms with Gasteiger partial charge in [-0.25, -0.2) is 0 Å². The second-order valence-corrected chi connectivity index (χ2v) is 3.20. The van der Waals surface area contributed by atoms with E-state index in [9.17, 15) is 13.2 Å². The van der Waals surface area contributed by atoms with Gasteiger partial charge in [0.15, 0.2) is 5.69 Å². The molecule has 1 aromatic heterocycles. The van der Waals surface area contributed by atoms with E-state index in [0.29, 0.717) is 18.7 Å². The summed E-state index contributed by atoms with van der Waals surface area (Å²) in [4.78, 5) is 0. The molecular weight excluding hydrogens is 197 g/mol. The number of halogens is 3. The highest BCUT2D eigenvalue weighted by molar-refractivity contribution is 5.29. The smallest absolute Gasteiger partial charge is 0.376 e. The number of alkyl halides is 3. The lowest BCUT2D eigenvalue weighted by molar-refractivity contribution is -0.142. The van der Waals surface area contributed by atoms with E-state index >= 15 is 0 Å². The number of hydrogen-bond donors (Lipinski definition) is 0. The number of rotatable bonds is 0.